The molecule has 116 valence electrons. The van der Waals surface area contributed by atoms with Crippen LogP contribution in [0.1, 0.15) is 44.2 Å². The Morgan fingerprint density at radius 3 is 2.86 bits per heavy atom. The minimum absolute atomic E-state index is 0.00783. The molecule has 1 aliphatic heterocycles. The van der Waals surface area contributed by atoms with E-state index in [-0.39, 0.29) is 11.9 Å². The number of amides is 1. The molecule has 1 N–H and O–H groups in total. The Bertz CT molecular complexity index is 472. The van der Waals surface area contributed by atoms with Gasteiger partial charge in [0.05, 0.1) is 6.04 Å². The molecule has 2 atom stereocenters. The van der Waals surface area contributed by atoms with Crippen molar-refractivity contribution in [2.24, 2.45) is 5.92 Å². The molecule has 0 radical (unpaired) electrons. The molecular formula is C18H28N2O. The zero-order valence-corrected chi connectivity index (χ0v) is 13.6. The molecule has 1 fully saturated rings. The highest BCUT2D eigenvalue weighted by Gasteiger charge is 2.28. The molecule has 0 spiro atoms. The zero-order valence-electron chi connectivity index (χ0n) is 13.6. The lowest BCUT2D eigenvalue weighted by Gasteiger charge is -2.33. The second kappa shape index (κ2) is 7.60. The van der Waals surface area contributed by atoms with Gasteiger partial charge in [0.2, 0.25) is 5.91 Å². The number of likely N-dealkylation sites (N-methyl/N-ethyl adjacent to an activating group) is 1. The first kappa shape index (κ1) is 16.0. The van der Waals surface area contributed by atoms with E-state index in [1.807, 2.05) is 4.90 Å². The van der Waals surface area contributed by atoms with Crippen molar-refractivity contribution in [2.45, 2.75) is 52.6 Å². The van der Waals surface area contributed by atoms with Crippen LogP contribution in [0.15, 0.2) is 24.3 Å². The van der Waals surface area contributed by atoms with E-state index in [1.165, 1.54) is 24.0 Å². The number of nitrogens with zero attached hydrogens (tertiary/aromatic N) is 1. The first-order valence-corrected chi connectivity index (χ1v) is 8.21. The van der Waals surface area contributed by atoms with Gasteiger partial charge in [0.1, 0.15) is 0 Å². The van der Waals surface area contributed by atoms with E-state index in [0.29, 0.717) is 12.5 Å². The maximum atomic E-state index is 12.7. The van der Waals surface area contributed by atoms with E-state index in [0.717, 1.165) is 19.5 Å². The average Bonchev–Trinajstić information content (AvgIpc) is 2.52. The number of piperidine rings is 1. The smallest absolute Gasteiger partial charge is 0.240 e. The molecule has 1 amide bonds. The maximum Gasteiger partial charge on any atom is 0.240 e. The largest absolute Gasteiger partial charge is 0.337 e. The molecule has 3 heteroatoms. The lowest BCUT2D eigenvalue weighted by Crippen LogP contribution is -2.50. The monoisotopic (exact) mass is 288 g/mol. The third-order valence-electron chi connectivity index (χ3n) is 4.54. The van der Waals surface area contributed by atoms with Crippen LogP contribution in [0.25, 0.3) is 0 Å². The molecule has 1 aliphatic rings. The first-order valence-electron chi connectivity index (χ1n) is 8.21. The Morgan fingerprint density at radius 1 is 1.38 bits per heavy atom. The zero-order chi connectivity index (χ0) is 15.2. The van der Waals surface area contributed by atoms with Gasteiger partial charge in [-0.2, -0.15) is 0 Å². The van der Waals surface area contributed by atoms with Gasteiger partial charge in [-0.3, -0.25) is 4.79 Å². The van der Waals surface area contributed by atoms with Crippen LogP contribution in [-0.2, 0) is 11.3 Å². The van der Waals surface area contributed by atoms with E-state index in [2.05, 4.69) is 50.4 Å². The predicted molar refractivity (Wildman–Crippen MR) is 87.1 cm³/mol. The van der Waals surface area contributed by atoms with E-state index in [4.69, 9.17) is 0 Å². The summed E-state index contributed by atoms with van der Waals surface area (Å²) in [5, 5.41) is 3.40. The highest BCUT2D eigenvalue weighted by molar-refractivity contribution is 5.82. The molecule has 0 saturated carbocycles. The molecule has 3 nitrogen and oxygen atoms in total. The average molecular weight is 288 g/mol. The van der Waals surface area contributed by atoms with Crippen LogP contribution >= 0.6 is 0 Å². The number of aryl methyl sites for hydroxylation is 1. The summed E-state index contributed by atoms with van der Waals surface area (Å²) >= 11 is 0. The quantitative estimate of drug-likeness (QED) is 0.903. The van der Waals surface area contributed by atoms with E-state index in [1.54, 1.807) is 0 Å². The number of benzene rings is 1. The van der Waals surface area contributed by atoms with Crippen molar-refractivity contribution in [3.05, 3.63) is 35.4 Å². The molecule has 0 aromatic heterocycles. The first-order chi connectivity index (χ1) is 10.1. The van der Waals surface area contributed by atoms with Gasteiger partial charge >= 0.3 is 0 Å². The standard InChI is InChI=1S/C18H28N2O/c1-4-15-9-10-19-17(12-15)18(21)20(5-2)13-16-8-6-7-14(3)11-16/h6-8,11,15,17,19H,4-5,9-10,12-13H2,1-3H3. The molecule has 21 heavy (non-hydrogen) atoms. The van der Waals surface area contributed by atoms with Gasteiger partial charge in [0, 0.05) is 13.1 Å². The minimum Gasteiger partial charge on any atom is -0.337 e. The van der Waals surface area contributed by atoms with Gasteiger partial charge < -0.3 is 10.2 Å². The number of hydrogen-bond donors (Lipinski definition) is 1. The summed E-state index contributed by atoms with van der Waals surface area (Å²) in [5.41, 5.74) is 2.46. The highest BCUT2D eigenvalue weighted by atomic mass is 16.2. The van der Waals surface area contributed by atoms with Crippen molar-refractivity contribution in [1.82, 2.24) is 10.2 Å². The molecule has 1 heterocycles. The third kappa shape index (κ3) is 4.31. The molecule has 0 aliphatic carbocycles. The summed E-state index contributed by atoms with van der Waals surface area (Å²) in [7, 11) is 0. The van der Waals surface area contributed by atoms with Crippen LogP contribution < -0.4 is 5.32 Å². The van der Waals surface area contributed by atoms with Crippen LogP contribution in [0.4, 0.5) is 0 Å². The fraction of sp³-hybridized carbons (Fsp3) is 0.611. The second-order valence-corrected chi connectivity index (χ2v) is 6.15. The van der Waals surface area contributed by atoms with Gasteiger partial charge in [0.25, 0.3) is 0 Å². The van der Waals surface area contributed by atoms with Crippen LogP contribution in [-0.4, -0.2) is 29.9 Å². The normalized spacial score (nSPS) is 22.0. The molecule has 1 aromatic carbocycles. The third-order valence-corrected chi connectivity index (χ3v) is 4.54. The molecule has 2 unspecified atom stereocenters. The Morgan fingerprint density at radius 2 is 2.19 bits per heavy atom. The lowest BCUT2D eigenvalue weighted by molar-refractivity contribution is -0.134. The Balaban J connectivity index is 2.01. The molecule has 2 rings (SSSR count). The number of carbonyl (C=O) groups is 1. The summed E-state index contributed by atoms with van der Waals surface area (Å²) in [5.74, 6) is 0.954. The summed E-state index contributed by atoms with van der Waals surface area (Å²) in [6, 6.07) is 8.43. The molecule has 1 aromatic rings. The number of nitrogens with one attached hydrogen (secondary N) is 1. The summed E-state index contributed by atoms with van der Waals surface area (Å²) in [6.45, 7) is 8.83. The van der Waals surface area contributed by atoms with Crippen molar-refractivity contribution < 1.29 is 4.79 Å². The van der Waals surface area contributed by atoms with Gasteiger partial charge in [0.15, 0.2) is 0 Å². The maximum absolute atomic E-state index is 12.7. The Labute approximate surface area is 128 Å². The molecular weight excluding hydrogens is 260 g/mol. The van der Waals surface area contributed by atoms with Gasteiger partial charge in [-0.05, 0) is 44.7 Å². The predicted octanol–water partition coefficient (Wildman–Crippen LogP) is 3.12. The SMILES string of the molecule is CCC1CCNC(C(=O)N(CC)Cc2cccc(C)c2)C1. The topological polar surface area (TPSA) is 32.3 Å². The highest BCUT2D eigenvalue weighted by Crippen LogP contribution is 2.21. The van der Waals surface area contributed by atoms with Crippen molar-refractivity contribution in [2.75, 3.05) is 13.1 Å². The van der Waals surface area contributed by atoms with Crippen LogP contribution in [0.5, 0.6) is 0 Å². The van der Waals surface area contributed by atoms with Gasteiger partial charge in [-0.25, -0.2) is 0 Å². The summed E-state index contributed by atoms with van der Waals surface area (Å²) in [4.78, 5) is 14.7. The number of rotatable bonds is 5. The number of hydrogen-bond acceptors (Lipinski definition) is 2. The van der Waals surface area contributed by atoms with Crippen molar-refractivity contribution in [1.29, 1.82) is 0 Å². The van der Waals surface area contributed by atoms with Crippen LogP contribution in [0.2, 0.25) is 0 Å². The second-order valence-electron chi connectivity index (χ2n) is 6.15. The fourth-order valence-corrected chi connectivity index (χ4v) is 3.15. The van der Waals surface area contributed by atoms with Gasteiger partial charge in [-0.1, -0.05) is 43.2 Å². The Kier molecular flexibility index (Phi) is 5.80. The van der Waals surface area contributed by atoms with Gasteiger partial charge in [-0.15, -0.1) is 0 Å². The molecule has 0 bridgehead atoms. The van der Waals surface area contributed by atoms with Crippen molar-refractivity contribution in [3.8, 4) is 0 Å². The summed E-state index contributed by atoms with van der Waals surface area (Å²) < 4.78 is 0. The Hall–Kier alpha value is -1.35. The van der Waals surface area contributed by atoms with Crippen molar-refractivity contribution in [3.63, 3.8) is 0 Å². The number of carbonyl (C=O) groups excluding carboxylic acids is 1. The summed E-state index contributed by atoms with van der Waals surface area (Å²) in [6.07, 6.45) is 3.36. The molecule has 1 saturated heterocycles. The lowest BCUT2D eigenvalue weighted by atomic mass is 9.90. The van der Waals surface area contributed by atoms with Crippen LogP contribution in [0.3, 0.4) is 0 Å². The minimum atomic E-state index is 0.00783. The van der Waals surface area contributed by atoms with Crippen molar-refractivity contribution >= 4 is 5.91 Å². The van der Waals surface area contributed by atoms with E-state index >= 15 is 0 Å². The van der Waals surface area contributed by atoms with E-state index < -0.39 is 0 Å². The van der Waals surface area contributed by atoms with Crippen LogP contribution in [0, 0.1) is 12.8 Å². The fourth-order valence-electron chi connectivity index (χ4n) is 3.15. The van der Waals surface area contributed by atoms with E-state index in [9.17, 15) is 4.79 Å².